The summed E-state index contributed by atoms with van der Waals surface area (Å²) >= 11 is 5.84. The molecule has 0 amide bonds. The number of guanidine groups is 1. The third-order valence-electron chi connectivity index (χ3n) is 3.42. The molecule has 5 nitrogen and oxygen atoms in total. The van der Waals surface area contributed by atoms with Crippen LogP contribution >= 0.6 is 11.6 Å². The molecule has 0 aliphatic carbocycles. The zero-order valence-corrected chi connectivity index (χ0v) is 13.5. The predicted octanol–water partition coefficient (Wildman–Crippen LogP) is 1.23. The van der Waals surface area contributed by atoms with Crippen LogP contribution in [0.4, 0.5) is 0 Å². The number of halogens is 1. The SMILES string of the molecule is CN=C(NCCc1ccc(Cl)cc1)NC1CCS(=O)(=O)C1. The van der Waals surface area contributed by atoms with Crippen molar-refractivity contribution in [3.63, 3.8) is 0 Å². The molecule has 1 fully saturated rings. The summed E-state index contributed by atoms with van der Waals surface area (Å²) in [6.45, 7) is 0.723. The molecule has 1 heterocycles. The predicted molar refractivity (Wildman–Crippen MR) is 86.7 cm³/mol. The summed E-state index contributed by atoms with van der Waals surface area (Å²) in [5.41, 5.74) is 1.19. The second-order valence-electron chi connectivity index (χ2n) is 5.12. The first-order chi connectivity index (χ1) is 9.98. The third-order valence-corrected chi connectivity index (χ3v) is 5.44. The number of aliphatic imine (C=N–C) groups is 1. The molecule has 1 aliphatic heterocycles. The Kier molecular flexibility index (Phi) is 5.47. The van der Waals surface area contributed by atoms with Crippen LogP contribution in [0.25, 0.3) is 0 Å². The molecule has 1 atom stereocenters. The minimum Gasteiger partial charge on any atom is -0.356 e. The molecule has 0 spiro atoms. The molecule has 1 aliphatic rings. The van der Waals surface area contributed by atoms with Crippen LogP contribution in [0.5, 0.6) is 0 Å². The fraction of sp³-hybridized carbons (Fsp3) is 0.500. The largest absolute Gasteiger partial charge is 0.356 e. The van der Waals surface area contributed by atoms with E-state index in [0.717, 1.165) is 18.0 Å². The van der Waals surface area contributed by atoms with Gasteiger partial charge in [-0.2, -0.15) is 0 Å². The van der Waals surface area contributed by atoms with E-state index in [-0.39, 0.29) is 17.5 Å². The smallest absolute Gasteiger partial charge is 0.191 e. The van der Waals surface area contributed by atoms with Crippen molar-refractivity contribution in [1.29, 1.82) is 0 Å². The maximum Gasteiger partial charge on any atom is 0.191 e. The van der Waals surface area contributed by atoms with Crippen molar-refractivity contribution in [1.82, 2.24) is 10.6 Å². The van der Waals surface area contributed by atoms with E-state index < -0.39 is 9.84 Å². The summed E-state index contributed by atoms with van der Waals surface area (Å²) < 4.78 is 22.9. The summed E-state index contributed by atoms with van der Waals surface area (Å²) in [6.07, 6.45) is 1.49. The number of hydrogen-bond acceptors (Lipinski definition) is 3. The quantitative estimate of drug-likeness (QED) is 0.644. The Balaban J connectivity index is 1.77. The van der Waals surface area contributed by atoms with Gasteiger partial charge in [0.05, 0.1) is 11.5 Å². The number of nitrogens with zero attached hydrogens (tertiary/aromatic N) is 1. The molecule has 0 bridgehead atoms. The molecule has 1 aromatic carbocycles. The van der Waals surface area contributed by atoms with E-state index in [2.05, 4.69) is 15.6 Å². The van der Waals surface area contributed by atoms with Gasteiger partial charge in [0.2, 0.25) is 0 Å². The van der Waals surface area contributed by atoms with E-state index in [9.17, 15) is 8.42 Å². The molecule has 0 radical (unpaired) electrons. The molecule has 0 saturated carbocycles. The molecule has 2 rings (SSSR count). The molecular formula is C14H20ClN3O2S. The van der Waals surface area contributed by atoms with Crippen LogP contribution < -0.4 is 10.6 Å². The monoisotopic (exact) mass is 329 g/mol. The number of hydrogen-bond donors (Lipinski definition) is 2. The Bertz CT molecular complexity index is 599. The minimum absolute atomic E-state index is 0.0447. The minimum atomic E-state index is -2.87. The normalized spacial score (nSPS) is 21.2. The van der Waals surface area contributed by atoms with Gasteiger partial charge in [0.15, 0.2) is 15.8 Å². The topological polar surface area (TPSA) is 70.6 Å². The van der Waals surface area contributed by atoms with Gasteiger partial charge in [-0.3, -0.25) is 4.99 Å². The first-order valence-electron chi connectivity index (χ1n) is 6.90. The third kappa shape index (κ3) is 5.21. The van der Waals surface area contributed by atoms with Crippen LogP contribution in [-0.2, 0) is 16.3 Å². The summed E-state index contributed by atoms with van der Waals surface area (Å²) in [6, 6.07) is 7.67. The Labute approximate surface area is 130 Å². The molecule has 21 heavy (non-hydrogen) atoms. The number of rotatable bonds is 4. The molecular weight excluding hydrogens is 310 g/mol. The fourth-order valence-corrected chi connectivity index (χ4v) is 4.07. The second-order valence-corrected chi connectivity index (χ2v) is 7.78. The van der Waals surface area contributed by atoms with Crippen molar-refractivity contribution in [2.75, 3.05) is 25.1 Å². The Morgan fingerprint density at radius 1 is 1.38 bits per heavy atom. The van der Waals surface area contributed by atoms with E-state index in [1.807, 2.05) is 24.3 Å². The van der Waals surface area contributed by atoms with Gasteiger partial charge >= 0.3 is 0 Å². The van der Waals surface area contributed by atoms with E-state index in [1.54, 1.807) is 7.05 Å². The summed E-state index contributed by atoms with van der Waals surface area (Å²) in [4.78, 5) is 4.12. The first-order valence-corrected chi connectivity index (χ1v) is 9.10. The van der Waals surface area contributed by atoms with Crippen molar-refractivity contribution < 1.29 is 8.42 Å². The zero-order chi connectivity index (χ0) is 15.3. The van der Waals surface area contributed by atoms with Gasteiger partial charge in [-0.1, -0.05) is 23.7 Å². The Hall–Kier alpha value is -1.27. The van der Waals surface area contributed by atoms with Crippen LogP contribution in [0.15, 0.2) is 29.3 Å². The van der Waals surface area contributed by atoms with E-state index in [1.165, 1.54) is 5.56 Å². The lowest BCUT2D eigenvalue weighted by Crippen LogP contribution is -2.44. The highest BCUT2D eigenvalue weighted by Crippen LogP contribution is 2.11. The highest BCUT2D eigenvalue weighted by molar-refractivity contribution is 7.91. The molecule has 7 heteroatoms. The Morgan fingerprint density at radius 2 is 2.10 bits per heavy atom. The molecule has 116 valence electrons. The maximum atomic E-state index is 11.4. The van der Waals surface area contributed by atoms with Crippen molar-refractivity contribution >= 4 is 27.4 Å². The highest BCUT2D eigenvalue weighted by Gasteiger charge is 2.28. The van der Waals surface area contributed by atoms with Crippen LogP contribution in [0.2, 0.25) is 5.02 Å². The van der Waals surface area contributed by atoms with E-state index in [4.69, 9.17) is 11.6 Å². The summed E-state index contributed by atoms with van der Waals surface area (Å²) in [7, 11) is -1.19. The fourth-order valence-electron chi connectivity index (χ4n) is 2.27. The summed E-state index contributed by atoms with van der Waals surface area (Å²) in [5.74, 6) is 1.09. The molecule has 1 aromatic rings. The lowest BCUT2D eigenvalue weighted by Gasteiger charge is -2.16. The Morgan fingerprint density at radius 3 is 2.67 bits per heavy atom. The van der Waals surface area contributed by atoms with Crippen LogP contribution in [0.3, 0.4) is 0 Å². The van der Waals surface area contributed by atoms with Crippen LogP contribution in [0, 0.1) is 0 Å². The van der Waals surface area contributed by atoms with Crippen molar-refractivity contribution in [2.24, 2.45) is 4.99 Å². The van der Waals surface area contributed by atoms with Crippen LogP contribution in [0.1, 0.15) is 12.0 Å². The van der Waals surface area contributed by atoms with Gasteiger partial charge in [0, 0.05) is 24.7 Å². The number of benzene rings is 1. The molecule has 2 N–H and O–H groups in total. The standard InChI is InChI=1S/C14H20ClN3O2S/c1-16-14(18-13-7-9-21(19,20)10-13)17-8-6-11-2-4-12(15)5-3-11/h2-5,13H,6-10H2,1H3,(H2,16,17,18). The first kappa shape index (κ1) is 16.1. The number of sulfone groups is 1. The lowest BCUT2D eigenvalue weighted by molar-refractivity contribution is 0.599. The average Bonchev–Trinajstić information content (AvgIpc) is 2.79. The van der Waals surface area contributed by atoms with Gasteiger partial charge in [-0.15, -0.1) is 0 Å². The lowest BCUT2D eigenvalue weighted by atomic mass is 10.1. The van der Waals surface area contributed by atoms with E-state index >= 15 is 0 Å². The summed E-state index contributed by atoms with van der Waals surface area (Å²) in [5, 5.41) is 7.08. The molecule has 0 aromatic heterocycles. The van der Waals surface area contributed by atoms with Gasteiger partial charge in [-0.25, -0.2) is 8.42 Å². The van der Waals surface area contributed by atoms with E-state index in [0.29, 0.717) is 12.4 Å². The zero-order valence-electron chi connectivity index (χ0n) is 12.0. The van der Waals surface area contributed by atoms with Crippen LogP contribution in [-0.4, -0.2) is 45.5 Å². The molecule has 1 saturated heterocycles. The second kappa shape index (κ2) is 7.13. The average molecular weight is 330 g/mol. The van der Waals surface area contributed by atoms with Gasteiger partial charge in [0.1, 0.15) is 0 Å². The van der Waals surface area contributed by atoms with Crippen molar-refractivity contribution in [2.45, 2.75) is 18.9 Å². The van der Waals surface area contributed by atoms with Crippen molar-refractivity contribution in [3.05, 3.63) is 34.9 Å². The van der Waals surface area contributed by atoms with Gasteiger partial charge in [-0.05, 0) is 30.5 Å². The number of nitrogens with one attached hydrogen (secondary N) is 2. The van der Waals surface area contributed by atoms with Gasteiger partial charge in [0.25, 0.3) is 0 Å². The molecule has 1 unspecified atom stereocenters. The highest BCUT2D eigenvalue weighted by atomic mass is 35.5. The van der Waals surface area contributed by atoms with Crippen molar-refractivity contribution in [3.8, 4) is 0 Å². The van der Waals surface area contributed by atoms with Gasteiger partial charge < -0.3 is 10.6 Å². The maximum absolute atomic E-state index is 11.4.